The first-order chi connectivity index (χ1) is 12.8. The molecule has 1 aromatic carbocycles. The third kappa shape index (κ3) is 3.93. The maximum absolute atomic E-state index is 12.3. The number of hydrogen-bond acceptors (Lipinski definition) is 6. The standard InChI is InChI=1S/C16H19N5O5S/c1-10-15(11(2)26-20-10)27(24,25)18-9-14(22)17-7-8-21-13-6-4-3-5-12(13)19-16(21)23/h3-6,18H,7-9H2,1-2H3,(H,17,22)(H,19,23). The van der Waals surface area contributed by atoms with Crippen LogP contribution in [0.2, 0.25) is 0 Å². The fourth-order valence-corrected chi connectivity index (χ4v) is 4.10. The zero-order valence-electron chi connectivity index (χ0n) is 14.8. The number of sulfonamides is 1. The van der Waals surface area contributed by atoms with Crippen LogP contribution in [0.25, 0.3) is 11.0 Å². The molecule has 0 atom stereocenters. The lowest BCUT2D eigenvalue weighted by atomic mass is 10.3. The molecule has 0 bridgehead atoms. The van der Waals surface area contributed by atoms with Crippen molar-refractivity contribution in [2.24, 2.45) is 0 Å². The summed E-state index contributed by atoms with van der Waals surface area (Å²) in [5.74, 6) is -0.364. The summed E-state index contributed by atoms with van der Waals surface area (Å²) in [6.07, 6.45) is 0. The number of aryl methyl sites for hydroxylation is 2. The number of carbonyl (C=O) groups is 1. The first-order valence-electron chi connectivity index (χ1n) is 8.16. The van der Waals surface area contributed by atoms with Crippen molar-refractivity contribution < 1.29 is 17.7 Å². The van der Waals surface area contributed by atoms with Crippen LogP contribution in [0.1, 0.15) is 11.5 Å². The van der Waals surface area contributed by atoms with Crippen molar-refractivity contribution in [1.29, 1.82) is 0 Å². The van der Waals surface area contributed by atoms with E-state index in [-0.39, 0.29) is 35.1 Å². The van der Waals surface area contributed by atoms with Crippen LogP contribution in [0.15, 0.2) is 38.5 Å². The lowest BCUT2D eigenvalue weighted by Gasteiger charge is -2.08. The molecule has 3 aromatic rings. The largest absolute Gasteiger partial charge is 0.360 e. The number of nitrogens with zero attached hydrogens (tertiary/aromatic N) is 2. The van der Waals surface area contributed by atoms with Gasteiger partial charge in [0.05, 0.1) is 17.6 Å². The van der Waals surface area contributed by atoms with Gasteiger partial charge in [0, 0.05) is 13.1 Å². The maximum Gasteiger partial charge on any atom is 0.326 e. The maximum atomic E-state index is 12.3. The SMILES string of the molecule is Cc1noc(C)c1S(=O)(=O)NCC(=O)NCCn1c(=O)[nH]c2ccccc21. The van der Waals surface area contributed by atoms with Gasteiger partial charge in [-0.3, -0.25) is 9.36 Å². The Morgan fingerprint density at radius 3 is 2.74 bits per heavy atom. The molecule has 10 nitrogen and oxygen atoms in total. The van der Waals surface area contributed by atoms with E-state index in [2.05, 4.69) is 20.2 Å². The second-order valence-corrected chi connectivity index (χ2v) is 7.63. The molecule has 0 unspecified atom stereocenters. The summed E-state index contributed by atoms with van der Waals surface area (Å²) in [7, 11) is -3.90. The van der Waals surface area contributed by atoms with Crippen molar-refractivity contribution in [3.05, 3.63) is 46.2 Å². The molecule has 2 aromatic heterocycles. The number of hydrogen-bond donors (Lipinski definition) is 3. The van der Waals surface area contributed by atoms with Crippen LogP contribution < -0.4 is 15.7 Å². The lowest BCUT2D eigenvalue weighted by Crippen LogP contribution is -2.38. The first kappa shape index (κ1) is 18.9. The van der Waals surface area contributed by atoms with Crippen molar-refractivity contribution in [3.63, 3.8) is 0 Å². The van der Waals surface area contributed by atoms with E-state index in [0.29, 0.717) is 5.52 Å². The highest BCUT2D eigenvalue weighted by Gasteiger charge is 2.24. The zero-order chi connectivity index (χ0) is 19.6. The van der Waals surface area contributed by atoms with Crippen molar-refractivity contribution in [3.8, 4) is 0 Å². The summed E-state index contributed by atoms with van der Waals surface area (Å²) in [5, 5.41) is 6.17. The number of carbonyl (C=O) groups excluding carboxylic acids is 1. The first-order valence-corrected chi connectivity index (χ1v) is 9.64. The Labute approximate surface area is 154 Å². The van der Waals surface area contributed by atoms with Gasteiger partial charge in [-0.2, -0.15) is 0 Å². The summed E-state index contributed by atoms with van der Waals surface area (Å²) >= 11 is 0. The molecule has 0 fully saturated rings. The summed E-state index contributed by atoms with van der Waals surface area (Å²) < 4.78 is 33.1. The Morgan fingerprint density at radius 2 is 2.04 bits per heavy atom. The number of amides is 1. The van der Waals surface area contributed by atoms with E-state index in [0.717, 1.165) is 5.52 Å². The summed E-state index contributed by atoms with van der Waals surface area (Å²) in [6, 6.07) is 7.21. The Balaban J connectivity index is 1.56. The van der Waals surface area contributed by atoms with Gasteiger partial charge in [-0.25, -0.2) is 17.9 Å². The minimum Gasteiger partial charge on any atom is -0.360 e. The molecule has 11 heteroatoms. The van der Waals surface area contributed by atoms with Crippen LogP contribution in [0.4, 0.5) is 0 Å². The van der Waals surface area contributed by atoms with Gasteiger partial charge in [0.25, 0.3) is 0 Å². The summed E-state index contributed by atoms with van der Waals surface area (Å²) in [5.41, 5.74) is 1.39. The molecule has 0 aliphatic heterocycles. The van der Waals surface area contributed by atoms with Crippen molar-refractivity contribution >= 4 is 27.0 Å². The minimum atomic E-state index is -3.90. The average Bonchev–Trinajstić information content (AvgIpc) is 3.12. The molecule has 2 heterocycles. The third-order valence-electron chi connectivity index (χ3n) is 4.00. The van der Waals surface area contributed by atoms with Gasteiger partial charge in [0.1, 0.15) is 10.6 Å². The molecule has 0 aliphatic carbocycles. The minimum absolute atomic E-state index is 0.0688. The topological polar surface area (TPSA) is 139 Å². The van der Waals surface area contributed by atoms with Crippen molar-refractivity contribution in [1.82, 2.24) is 24.7 Å². The zero-order valence-corrected chi connectivity index (χ0v) is 15.6. The Kier molecular flexibility index (Phi) is 5.15. The molecule has 144 valence electrons. The molecular formula is C16H19N5O5S. The smallest absolute Gasteiger partial charge is 0.326 e. The second kappa shape index (κ2) is 7.37. The van der Waals surface area contributed by atoms with Gasteiger partial charge >= 0.3 is 5.69 Å². The molecule has 3 N–H and O–H groups in total. The molecule has 0 saturated carbocycles. The molecule has 3 rings (SSSR count). The summed E-state index contributed by atoms with van der Waals surface area (Å²) in [6.45, 7) is 2.98. The van der Waals surface area contributed by atoms with Gasteiger partial charge in [0.2, 0.25) is 15.9 Å². The van der Waals surface area contributed by atoms with E-state index in [1.807, 2.05) is 12.1 Å². The van der Waals surface area contributed by atoms with Crippen LogP contribution in [0.5, 0.6) is 0 Å². The highest BCUT2D eigenvalue weighted by Crippen LogP contribution is 2.18. The van der Waals surface area contributed by atoms with E-state index in [1.54, 1.807) is 12.1 Å². The molecule has 0 aliphatic rings. The average molecular weight is 393 g/mol. The predicted octanol–water partition coefficient (Wildman–Crippen LogP) is 0.0291. The fourth-order valence-electron chi connectivity index (χ4n) is 2.79. The highest BCUT2D eigenvalue weighted by molar-refractivity contribution is 7.89. The number of rotatable bonds is 7. The third-order valence-corrected chi connectivity index (χ3v) is 5.64. The van der Waals surface area contributed by atoms with Crippen LogP contribution in [-0.2, 0) is 21.4 Å². The lowest BCUT2D eigenvalue weighted by molar-refractivity contribution is -0.119. The van der Waals surface area contributed by atoms with Gasteiger partial charge in [-0.05, 0) is 26.0 Å². The Morgan fingerprint density at radius 1 is 1.30 bits per heavy atom. The molecule has 0 spiro atoms. The number of H-pyrrole nitrogens is 1. The van der Waals surface area contributed by atoms with E-state index in [4.69, 9.17) is 4.52 Å². The number of benzene rings is 1. The number of aromatic amines is 1. The van der Waals surface area contributed by atoms with Crippen LogP contribution in [-0.4, -0.2) is 42.1 Å². The predicted molar refractivity (Wildman–Crippen MR) is 96.7 cm³/mol. The molecular weight excluding hydrogens is 374 g/mol. The molecule has 0 radical (unpaired) electrons. The normalized spacial score (nSPS) is 11.8. The van der Waals surface area contributed by atoms with Gasteiger partial charge in [-0.15, -0.1) is 0 Å². The second-order valence-electron chi connectivity index (χ2n) is 5.93. The van der Waals surface area contributed by atoms with Crippen molar-refractivity contribution in [2.75, 3.05) is 13.1 Å². The number of imidazole rings is 1. The van der Waals surface area contributed by atoms with Gasteiger partial charge in [0.15, 0.2) is 5.76 Å². The monoisotopic (exact) mass is 393 g/mol. The van der Waals surface area contributed by atoms with Crippen molar-refractivity contribution in [2.45, 2.75) is 25.3 Å². The Bertz CT molecular complexity index is 1120. The number of aromatic nitrogens is 3. The van der Waals surface area contributed by atoms with Gasteiger partial charge < -0.3 is 14.8 Å². The Hall–Kier alpha value is -2.92. The van der Waals surface area contributed by atoms with E-state index < -0.39 is 22.5 Å². The number of nitrogens with one attached hydrogen (secondary N) is 3. The molecule has 0 saturated heterocycles. The molecule has 27 heavy (non-hydrogen) atoms. The van der Waals surface area contributed by atoms with E-state index in [1.165, 1.54) is 18.4 Å². The van der Waals surface area contributed by atoms with E-state index in [9.17, 15) is 18.0 Å². The summed E-state index contributed by atoms with van der Waals surface area (Å²) in [4.78, 5) is 26.5. The molecule has 1 amide bonds. The number of para-hydroxylation sites is 2. The van der Waals surface area contributed by atoms with Crippen LogP contribution in [0.3, 0.4) is 0 Å². The van der Waals surface area contributed by atoms with Crippen LogP contribution in [0, 0.1) is 13.8 Å². The number of fused-ring (bicyclic) bond motifs is 1. The quantitative estimate of drug-likeness (QED) is 0.517. The van der Waals surface area contributed by atoms with Crippen LogP contribution >= 0.6 is 0 Å². The van der Waals surface area contributed by atoms with Gasteiger partial charge in [-0.1, -0.05) is 17.3 Å². The fraction of sp³-hybridized carbons (Fsp3) is 0.312. The van der Waals surface area contributed by atoms with E-state index >= 15 is 0 Å². The highest BCUT2D eigenvalue weighted by atomic mass is 32.2.